The molecule has 0 radical (unpaired) electrons. The third-order valence-electron chi connectivity index (χ3n) is 6.14. The van der Waals surface area contributed by atoms with Gasteiger partial charge >= 0.3 is 5.97 Å². The molecule has 2 atom stereocenters. The second kappa shape index (κ2) is 9.94. The highest BCUT2D eigenvalue weighted by atomic mass is 32.1. The summed E-state index contributed by atoms with van der Waals surface area (Å²) in [7, 11) is 0. The Labute approximate surface area is 199 Å². The monoisotopic (exact) mass is 491 g/mol. The van der Waals surface area contributed by atoms with Crippen molar-refractivity contribution in [3.63, 3.8) is 0 Å². The van der Waals surface area contributed by atoms with Gasteiger partial charge in [0, 0.05) is 43.0 Å². The molecule has 2 saturated heterocycles. The lowest BCUT2D eigenvalue weighted by Gasteiger charge is -2.40. The van der Waals surface area contributed by atoms with Crippen molar-refractivity contribution >= 4 is 34.1 Å². The van der Waals surface area contributed by atoms with Crippen LogP contribution >= 0.6 is 11.3 Å². The molecule has 1 aromatic rings. The molecular formula is C22H26FN5O5S. The number of Topliss-reactive ketones (excluding diaryl/α,β-unsaturated/α-hetero) is 1. The SMILES string of the molecule is CC1/C(=C\C(F)=C(/N)N2CC(C(=O)NC3CCCOC3)C2)C(=O)C(C(=O)O)=CN1c1nccs1. The first-order valence-corrected chi connectivity index (χ1v) is 11.8. The number of anilines is 1. The van der Waals surface area contributed by atoms with E-state index >= 15 is 4.39 Å². The van der Waals surface area contributed by atoms with Crippen molar-refractivity contribution in [2.45, 2.75) is 31.8 Å². The maximum Gasteiger partial charge on any atom is 0.341 e. The number of nitrogens with two attached hydrogens (primary N) is 1. The smallest absolute Gasteiger partial charge is 0.341 e. The number of aliphatic carboxylic acids is 1. The van der Waals surface area contributed by atoms with Gasteiger partial charge in [0.05, 0.1) is 24.6 Å². The van der Waals surface area contributed by atoms with Gasteiger partial charge in [-0.05, 0) is 25.8 Å². The van der Waals surface area contributed by atoms with E-state index in [4.69, 9.17) is 10.5 Å². The molecule has 0 aliphatic carbocycles. The molecule has 12 heteroatoms. The predicted molar refractivity (Wildman–Crippen MR) is 122 cm³/mol. The maximum atomic E-state index is 15.1. The summed E-state index contributed by atoms with van der Waals surface area (Å²) in [6, 6.07) is -0.673. The highest BCUT2D eigenvalue weighted by molar-refractivity contribution is 7.13. The van der Waals surface area contributed by atoms with Crippen molar-refractivity contribution in [2.24, 2.45) is 11.7 Å². The van der Waals surface area contributed by atoms with Gasteiger partial charge in [0.15, 0.2) is 16.7 Å². The van der Waals surface area contributed by atoms with Crippen molar-refractivity contribution in [3.05, 3.63) is 46.6 Å². The van der Waals surface area contributed by atoms with E-state index in [9.17, 15) is 19.5 Å². The van der Waals surface area contributed by atoms with Crippen LogP contribution in [0.5, 0.6) is 0 Å². The molecule has 0 saturated carbocycles. The van der Waals surface area contributed by atoms with Crippen LogP contribution in [0.3, 0.4) is 0 Å². The van der Waals surface area contributed by atoms with Crippen LogP contribution in [0.2, 0.25) is 0 Å². The van der Waals surface area contributed by atoms with Gasteiger partial charge in [-0.15, -0.1) is 11.3 Å². The molecule has 10 nitrogen and oxygen atoms in total. The minimum atomic E-state index is -1.42. The molecule has 2 fully saturated rings. The van der Waals surface area contributed by atoms with E-state index in [0.717, 1.165) is 18.9 Å². The van der Waals surface area contributed by atoms with Crippen LogP contribution in [0, 0.1) is 5.92 Å². The van der Waals surface area contributed by atoms with E-state index in [-0.39, 0.29) is 42.4 Å². The third kappa shape index (κ3) is 4.82. The number of amides is 1. The zero-order chi connectivity index (χ0) is 24.4. The van der Waals surface area contributed by atoms with Crippen molar-refractivity contribution < 1.29 is 28.6 Å². The molecule has 0 aromatic carbocycles. The highest BCUT2D eigenvalue weighted by Gasteiger charge is 2.37. The predicted octanol–water partition coefficient (Wildman–Crippen LogP) is 1.14. The fourth-order valence-electron chi connectivity index (χ4n) is 4.08. The fourth-order valence-corrected chi connectivity index (χ4v) is 4.78. The van der Waals surface area contributed by atoms with Gasteiger partial charge in [-0.25, -0.2) is 14.2 Å². The van der Waals surface area contributed by atoms with Crippen LogP contribution in [-0.2, 0) is 19.1 Å². The van der Waals surface area contributed by atoms with Crippen LogP contribution in [0.25, 0.3) is 0 Å². The summed E-state index contributed by atoms with van der Waals surface area (Å²) in [5.41, 5.74) is 5.43. The number of carbonyl (C=O) groups is 3. The Bertz CT molecular complexity index is 1060. The van der Waals surface area contributed by atoms with Crippen molar-refractivity contribution in [1.82, 2.24) is 15.2 Å². The number of likely N-dealkylation sites (tertiary alicyclic amines) is 1. The third-order valence-corrected chi connectivity index (χ3v) is 6.92. The fraction of sp³-hybridized carbons (Fsp3) is 0.455. The van der Waals surface area contributed by atoms with E-state index in [1.807, 2.05) is 0 Å². The second-order valence-corrected chi connectivity index (χ2v) is 9.31. The molecule has 3 aliphatic heterocycles. The number of halogens is 1. The number of hydrogen-bond acceptors (Lipinski definition) is 9. The molecular weight excluding hydrogens is 465 g/mol. The quantitative estimate of drug-likeness (QED) is 0.395. The average molecular weight is 492 g/mol. The van der Waals surface area contributed by atoms with Gasteiger partial charge in [0.1, 0.15) is 11.4 Å². The van der Waals surface area contributed by atoms with Crippen LogP contribution < -0.4 is 16.0 Å². The van der Waals surface area contributed by atoms with E-state index in [1.54, 1.807) is 18.5 Å². The van der Waals surface area contributed by atoms with Crippen LogP contribution in [0.1, 0.15) is 19.8 Å². The molecule has 0 spiro atoms. The van der Waals surface area contributed by atoms with E-state index < -0.39 is 29.2 Å². The zero-order valence-electron chi connectivity index (χ0n) is 18.6. The largest absolute Gasteiger partial charge is 0.477 e. The summed E-state index contributed by atoms with van der Waals surface area (Å²) in [6.07, 6.45) is 5.51. The van der Waals surface area contributed by atoms with Crippen LogP contribution in [0.4, 0.5) is 9.52 Å². The average Bonchev–Trinajstić information content (AvgIpc) is 3.30. The Morgan fingerprint density at radius 3 is 2.79 bits per heavy atom. The molecule has 4 N–H and O–H groups in total. The summed E-state index contributed by atoms with van der Waals surface area (Å²) >= 11 is 1.26. The Morgan fingerprint density at radius 2 is 2.18 bits per heavy atom. The minimum absolute atomic E-state index is 0.0132. The summed E-state index contributed by atoms with van der Waals surface area (Å²) < 4.78 is 20.4. The summed E-state index contributed by atoms with van der Waals surface area (Å²) in [4.78, 5) is 44.0. The second-order valence-electron chi connectivity index (χ2n) is 8.43. The van der Waals surface area contributed by atoms with Crippen molar-refractivity contribution in [3.8, 4) is 0 Å². The Morgan fingerprint density at radius 1 is 1.41 bits per heavy atom. The number of hydrogen-bond donors (Lipinski definition) is 3. The van der Waals surface area contributed by atoms with E-state index in [0.29, 0.717) is 18.3 Å². The molecule has 34 heavy (non-hydrogen) atoms. The number of carboxylic acids is 1. The first kappa shape index (κ1) is 23.9. The first-order chi connectivity index (χ1) is 16.3. The first-order valence-electron chi connectivity index (χ1n) is 10.9. The highest BCUT2D eigenvalue weighted by Crippen LogP contribution is 2.31. The van der Waals surface area contributed by atoms with Gasteiger partial charge in [-0.3, -0.25) is 9.59 Å². The summed E-state index contributed by atoms with van der Waals surface area (Å²) in [6.45, 7) is 3.34. The van der Waals surface area contributed by atoms with E-state index in [1.165, 1.54) is 27.3 Å². The molecule has 4 heterocycles. The van der Waals surface area contributed by atoms with Gasteiger partial charge in [0.25, 0.3) is 0 Å². The lowest BCUT2D eigenvalue weighted by atomic mass is 9.93. The number of thiazole rings is 1. The molecule has 3 aliphatic rings. The normalized spacial score (nSPS) is 25.5. The molecule has 1 amide bonds. The van der Waals surface area contributed by atoms with Gasteiger partial charge in [-0.2, -0.15) is 0 Å². The standard InChI is InChI=1S/C22H26FN5O5S/c1-12-15(18(29)16(21(31)32)10-28(12)22-25-4-6-34-22)7-17(23)19(24)27-8-13(9-27)20(30)26-14-3-2-5-33-11-14/h4,6-7,10,12-14H,2-3,5,8-9,11,24H2,1H3,(H,26,30)(H,31,32)/b15-7+,19-17-. The number of carboxylic acid groups (broad SMARTS) is 1. The number of carbonyl (C=O) groups excluding carboxylic acids is 2. The molecule has 182 valence electrons. The summed E-state index contributed by atoms with van der Waals surface area (Å²) in [5, 5.41) is 14.6. The number of nitrogens with one attached hydrogen (secondary N) is 1. The number of nitrogens with zero attached hydrogens (tertiary/aromatic N) is 3. The molecule has 4 rings (SSSR count). The summed E-state index contributed by atoms with van der Waals surface area (Å²) in [5.74, 6) is -3.71. The number of rotatable bonds is 6. The Kier molecular flexibility index (Phi) is 6.98. The lowest BCUT2D eigenvalue weighted by Crippen LogP contribution is -2.56. The zero-order valence-corrected chi connectivity index (χ0v) is 19.4. The Hall–Kier alpha value is -3.25. The topological polar surface area (TPSA) is 138 Å². The Balaban J connectivity index is 1.47. The maximum absolute atomic E-state index is 15.1. The lowest BCUT2D eigenvalue weighted by molar-refractivity contribution is -0.134. The van der Waals surface area contributed by atoms with Gasteiger partial charge in [0.2, 0.25) is 5.91 Å². The number of aromatic nitrogens is 1. The number of ketones is 1. The van der Waals surface area contributed by atoms with Crippen LogP contribution in [0.15, 0.2) is 46.6 Å². The number of ether oxygens (including phenoxy) is 1. The minimum Gasteiger partial charge on any atom is -0.477 e. The van der Waals surface area contributed by atoms with E-state index in [2.05, 4.69) is 10.3 Å². The number of allylic oxidation sites excluding steroid dienone is 2. The van der Waals surface area contributed by atoms with Gasteiger partial charge in [-0.1, -0.05) is 0 Å². The van der Waals surface area contributed by atoms with Crippen molar-refractivity contribution in [2.75, 3.05) is 31.2 Å². The van der Waals surface area contributed by atoms with Crippen molar-refractivity contribution in [1.29, 1.82) is 0 Å². The molecule has 2 unspecified atom stereocenters. The molecule has 1 aromatic heterocycles. The van der Waals surface area contributed by atoms with Gasteiger partial charge < -0.3 is 30.7 Å². The van der Waals surface area contributed by atoms with Crippen LogP contribution in [-0.4, -0.2) is 71.0 Å². The molecule has 0 bridgehead atoms.